The lowest BCUT2D eigenvalue weighted by molar-refractivity contribution is 0.249. The third-order valence-corrected chi connectivity index (χ3v) is 6.68. The lowest BCUT2D eigenvalue weighted by Gasteiger charge is -2.36. The molecule has 1 aliphatic rings. The highest BCUT2D eigenvalue weighted by atomic mass is 35.5. The molecule has 7 heteroatoms. The zero-order chi connectivity index (χ0) is 18.7. The van der Waals surface area contributed by atoms with Gasteiger partial charge in [0.1, 0.15) is 0 Å². The maximum atomic E-state index is 12.3. The molecule has 0 radical (unpaired) electrons. The minimum atomic E-state index is -3.40. The number of hydrogen-bond acceptors (Lipinski definition) is 4. The highest BCUT2D eigenvalue weighted by molar-refractivity contribution is 7.89. The van der Waals surface area contributed by atoms with Gasteiger partial charge in [-0.2, -0.15) is 0 Å². The van der Waals surface area contributed by atoms with Crippen LogP contribution in [-0.2, 0) is 16.6 Å². The van der Waals surface area contributed by atoms with Crippen LogP contribution in [-0.4, -0.2) is 57.9 Å². The fourth-order valence-electron chi connectivity index (χ4n) is 3.11. The van der Waals surface area contributed by atoms with Crippen LogP contribution < -0.4 is 4.90 Å². The van der Waals surface area contributed by atoms with Crippen molar-refractivity contribution in [1.29, 1.82) is 0 Å². The molecule has 0 N–H and O–H groups in total. The lowest BCUT2D eigenvalue weighted by atomic mass is 10.2. The van der Waals surface area contributed by atoms with Gasteiger partial charge in [0, 0.05) is 57.5 Å². The summed E-state index contributed by atoms with van der Waals surface area (Å²) >= 11 is 6.08. The van der Waals surface area contributed by atoms with E-state index in [0.29, 0.717) is 4.90 Å². The van der Waals surface area contributed by atoms with E-state index in [9.17, 15) is 8.42 Å². The van der Waals surface area contributed by atoms with Crippen LogP contribution in [0.3, 0.4) is 0 Å². The van der Waals surface area contributed by atoms with Gasteiger partial charge in [-0.25, -0.2) is 12.7 Å². The molecule has 0 amide bonds. The van der Waals surface area contributed by atoms with E-state index in [-0.39, 0.29) is 0 Å². The topological polar surface area (TPSA) is 43.9 Å². The van der Waals surface area contributed by atoms with Crippen molar-refractivity contribution in [1.82, 2.24) is 9.21 Å². The molecule has 0 spiro atoms. The van der Waals surface area contributed by atoms with E-state index < -0.39 is 10.0 Å². The molecule has 0 atom stereocenters. The Morgan fingerprint density at radius 3 is 2.35 bits per heavy atom. The van der Waals surface area contributed by atoms with Crippen molar-refractivity contribution >= 4 is 27.3 Å². The van der Waals surface area contributed by atoms with Crippen molar-refractivity contribution in [3.63, 3.8) is 0 Å². The van der Waals surface area contributed by atoms with E-state index in [1.807, 2.05) is 30.3 Å². The highest BCUT2D eigenvalue weighted by Crippen LogP contribution is 2.22. The number of sulfonamides is 1. The second-order valence-corrected chi connectivity index (χ2v) is 9.27. The van der Waals surface area contributed by atoms with Gasteiger partial charge in [-0.15, -0.1) is 0 Å². The second kappa shape index (κ2) is 7.96. The van der Waals surface area contributed by atoms with Crippen molar-refractivity contribution < 1.29 is 8.42 Å². The minimum absolute atomic E-state index is 0.345. The van der Waals surface area contributed by atoms with E-state index in [0.717, 1.165) is 49.0 Å². The molecule has 140 valence electrons. The zero-order valence-corrected chi connectivity index (χ0v) is 16.7. The predicted octanol–water partition coefficient (Wildman–Crippen LogP) is 2.91. The summed E-state index contributed by atoms with van der Waals surface area (Å²) in [6.45, 7) is 4.46. The van der Waals surface area contributed by atoms with Crippen LogP contribution in [0.15, 0.2) is 53.4 Å². The fourth-order valence-corrected chi connectivity index (χ4v) is 4.27. The third-order valence-electron chi connectivity index (χ3n) is 4.63. The Morgan fingerprint density at radius 1 is 1.00 bits per heavy atom. The van der Waals surface area contributed by atoms with Gasteiger partial charge in [0.05, 0.1) is 4.90 Å². The molecule has 0 aliphatic carbocycles. The van der Waals surface area contributed by atoms with Crippen LogP contribution >= 0.6 is 11.6 Å². The second-order valence-electron chi connectivity index (χ2n) is 6.68. The first kappa shape index (κ1) is 19.2. The normalized spacial score (nSPS) is 16.2. The van der Waals surface area contributed by atoms with Crippen LogP contribution in [0, 0.1) is 0 Å². The molecule has 5 nitrogen and oxygen atoms in total. The summed E-state index contributed by atoms with van der Waals surface area (Å²) in [6.07, 6.45) is 0. The van der Waals surface area contributed by atoms with Gasteiger partial charge < -0.3 is 4.90 Å². The van der Waals surface area contributed by atoms with Crippen molar-refractivity contribution in [3.05, 3.63) is 59.1 Å². The quantitative estimate of drug-likeness (QED) is 0.783. The van der Waals surface area contributed by atoms with Crippen LogP contribution in [0.5, 0.6) is 0 Å². The fraction of sp³-hybridized carbons (Fsp3) is 0.368. The molecule has 0 aromatic heterocycles. The van der Waals surface area contributed by atoms with Crippen LogP contribution in [0.4, 0.5) is 5.69 Å². The summed E-state index contributed by atoms with van der Waals surface area (Å²) in [6, 6.07) is 15.2. The molecule has 1 saturated heterocycles. The summed E-state index contributed by atoms with van der Waals surface area (Å²) in [4.78, 5) is 5.02. The Labute approximate surface area is 160 Å². The van der Waals surface area contributed by atoms with E-state index in [4.69, 9.17) is 11.6 Å². The van der Waals surface area contributed by atoms with Crippen LogP contribution in [0.25, 0.3) is 0 Å². The zero-order valence-electron chi connectivity index (χ0n) is 15.1. The molecular formula is C19H24ClN3O2S. The first-order valence-electron chi connectivity index (χ1n) is 8.60. The number of anilines is 1. The number of rotatable bonds is 5. The van der Waals surface area contributed by atoms with Crippen molar-refractivity contribution in [2.24, 2.45) is 0 Å². The first-order chi connectivity index (χ1) is 12.4. The SMILES string of the molecule is CN(C)S(=O)(=O)c1cccc(CN2CCN(c3cccc(Cl)c3)CC2)c1. The monoisotopic (exact) mass is 393 g/mol. The highest BCUT2D eigenvalue weighted by Gasteiger charge is 2.20. The smallest absolute Gasteiger partial charge is 0.242 e. The van der Waals surface area contributed by atoms with Gasteiger partial charge in [-0.1, -0.05) is 29.8 Å². The van der Waals surface area contributed by atoms with E-state index in [1.165, 1.54) is 4.31 Å². The van der Waals surface area contributed by atoms with Gasteiger partial charge in [-0.3, -0.25) is 4.90 Å². The van der Waals surface area contributed by atoms with Gasteiger partial charge in [-0.05, 0) is 35.9 Å². The van der Waals surface area contributed by atoms with Crippen LogP contribution in [0.2, 0.25) is 5.02 Å². The molecule has 1 heterocycles. The molecule has 1 aliphatic heterocycles. The number of benzene rings is 2. The number of piperazine rings is 1. The molecule has 2 aromatic carbocycles. The van der Waals surface area contributed by atoms with Crippen LogP contribution in [0.1, 0.15) is 5.56 Å². The van der Waals surface area contributed by atoms with Crippen molar-refractivity contribution in [2.75, 3.05) is 45.2 Å². The summed E-state index contributed by atoms with van der Waals surface area (Å²) < 4.78 is 25.8. The Hall–Kier alpha value is -1.60. The summed E-state index contributed by atoms with van der Waals surface area (Å²) in [5.41, 5.74) is 2.17. The molecule has 3 rings (SSSR count). The van der Waals surface area contributed by atoms with Crippen molar-refractivity contribution in [2.45, 2.75) is 11.4 Å². The Kier molecular flexibility index (Phi) is 5.87. The van der Waals surface area contributed by atoms with Gasteiger partial charge in [0.25, 0.3) is 0 Å². The average Bonchev–Trinajstić information content (AvgIpc) is 2.62. The predicted molar refractivity (Wildman–Crippen MR) is 106 cm³/mol. The number of halogens is 1. The van der Waals surface area contributed by atoms with E-state index in [1.54, 1.807) is 26.2 Å². The molecule has 0 bridgehead atoms. The van der Waals surface area contributed by atoms with Gasteiger partial charge in [0.15, 0.2) is 0 Å². The number of nitrogens with zero attached hydrogens (tertiary/aromatic N) is 3. The minimum Gasteiger partial charge on any atom is -0.369 e. The van der Waals surface area contributed by atoms with Gasteiger partial charge in [0.2, 0.25) is 10.0 Å². The summed E-state index contributed by atoms with van der Waals surface area (Å²) in [5, 5.41) is 0.754. The molecular weight excluding hydrogens is 370 g/mol. The lowest BCUT2D eigenvalue weighted by Crippen LogP contribution is -2.46. The number of hydrogen-bond donors (Lipinski definition) is 0. The average molecular weight is 394 g/mol. The molecule has 26 heavy (non-hydrogen) atoms. The van der Waals surface area contributed by atoms with Crippen molar-refractivity contribution in [3.8, 4) is 0 Å². The Morgan fingerprint density at radius 2 is 1.69 bits per heavy atom. The van der Waals surface area contributed by atoms with Gasteiger partial charge >= 0.3 is 0 Å². The van der Waals surface area contributed by atoms with E-state index in [2.05, 4.69) is 15.9 Å². The third kappa shape index (κ3) is 4.38. The standard InChI is InChI=1S/C19H24ClN3O2S/c1-21(2)26(24,25)19-8-3-5-16(13-19)15-22-9-11-23(12-10-22)18-7-4-6-17(20)14-18/h3-8,13-14H,9-12,15H2,1-2H3. The molecule has 0 unspecified atom stereocenters. The summed E-state index contributed by atoms with van der Waals surface area (Å²) in [7, 11) is -0.290. The largest absolute Gasteiger partial charge is 0.369 e. The summed E-state index contributed by atoms with van der Waals surface area (Å²) in [5.74, 6) is 0. The van der Waals surface area contributed by atoms with E-state index >= 15 is 0 Å². The molecule has 1 fully saturated rings. The molecule has 2 aromatic rings. The first-order valence-corrected chi connectivity index (χ1v) is 10.4. The Balaban J connectivity index is 1.63. The maximum absolute atomic E-state index is 12.3. The maximum Gasteiger partial charge on any atom is 0.242 e. The molecule has 0 saturated carbocycles. The Bertz CT molecular complexity index is 863.